The van der Waals surface area contributed by atoms with Crippen LogP contribution in [0.25, 0.3) is 0 Å². The molecule has 34 heavy (non-hydrogen) atoms. The molecule has 0 amide bonds. The number of aliphatic hydroxyl groups excluding tert-OH is 1. The van der Waals surface area contributed by atoms with E-state index in [4.69, 9.17) is 0 Å². The molecule has 190 valence electrons. The van der Waals surface area contributed by atoms with Crippen LogP contribution in [0.5, 0.6) is 0 Å². The highest BCUT2D eigenvalue weighted by Crippen LogP contribution is 2.76. The SMILES string of the molecule is CC1(C)CC[C@]2(C)CC[C@]3(C)[C@H](C(=O)C[C@@H]4[C@@]5(C)C/C(=C\O)C(=O)C(C)(C)[C@@H]5CC[C@]43C)[C@@H]2C1. The fourth-order valence-electron chi connectivity index (χ4n) is 10.9. The summed E-state index contributed by atoms with van der Waals surface area (Å²) in [6.45, 7) is 18.8. The predicted molar refractivity (Wildman–Crippen MR) is 136 cm³/mol. The van der Waals surface area contributed by atoms with Crippen LogP contribution >= 0.6 is 0 Å². The average Bonchev–Trinajstić information content (AvgIpc) is 2.74. The minimum absolute atomic E-state index is 0.00721. The predicted octanol–water partition coefficient (Wildman–Crippen LogP) is 7.69. The van der Waals surface area contributed by atoms with Gasteiger partial charge in [-0.15, -0.1) is 0 Å². The normalized spacial score (nSPS) is 52.9. The Balaban J connectivity index is 1.60. The topological polar surface area (TPSA) is 54.4 Å². The molecule has 3 heteroatoms. The Morgan fingerprint density at radius 3 is 2.12 bits per heavy atom. The van der Waals surface area contributed by atoms with E-state index >= 15 is 0 Å². The summed E-state index contributed by atoms with van der Waals surface area (Å²) in [6.07, 6.45) is 10.6. The van der Waals surface area contributed by atoms with Crippen molar-refractivity contribution in [1.29, 1.82) is 0 Å². The highest BCUT2D eigenvalue weighted by Gasteiger charge is 2.72. The lowest BCUT2D eigenvalue weighted by Crippen LogP contribution is -2.68. The Bertz CT molecular complexity index is 958. The minimum atomic E-state index is -0.498. The van der Waals surface area contributed by atoms with E-state index in [-0.39, 0.29) is 39.8 Å². The number of Topliss-reactive ketones (excluding diaryl/α,β-unsaturated/α-hetero) is 2. The van der Waals surface area contributed by atoms with E-state index in [9.17, 15) is 14.7 Å². The number of allylic oxidation sites excluding steroid dienone is 1. The summed E-state index contributed by atoms with van der Waals surface area (Å²) in [4.78, 5) is 27.5. The number of ketones is 2. The third-order valence-electron chi connectivity index (χ3n) is 13.2. The average molecular weight is 469 g/mol. The second kappa shape index (κ2) is 7.00. The van der Waals surface area contributed by atoms with Gasteiger partial charge in [0.15, 0.2) is 5.78 Å². The van der Waals surface area contributed by atoms with Crippen LogP contribution in [0.15, 0.2) is 11.8 Å². The van der Waals surface area contributed by atoms with E-state index in [1.165, 1.54) is 25.7 Å². The second-order valence-corrected chi connectivity index (χ2v) is 15.6. The summed E-state index contributed by atoms with van der Waals surface area (Å²) in [5.74, 6) is 1.77. The van der Waals surface area contributed by atoms with Crippen LogP contribution in [0.3, 0.4) is 0 Å². The zero-order valence-corrected chi connectivity index (χ0v) is 23.0. The van der Waals surface area contributed by atoms with Gasteiger partial charge in [-0.25, -0.2) is 0 Å². The molecule has 0 saturated heterocycles. The molecule has 0 aromatic rings. The maximum atomic E-state index is 14.3. The number of rotatable bonds is 0. The largest absolute Gasteiger partial charge is 0.515 e. The van der Waals surface area contributed by atoms with Crippen molar-refractivity contribution in [3.63, 3.8) is 0 Å². The van der Waals surface area contributed by atoms with Crippen molar-refractivity contribution in [2.45, 2.75) is 113 Å². The molecule has 8 atom stereocenters. The summed E-state index contributed by atoms with van der Waals surface area (Å²) >= 11 is 0. The summed E-state index contributed by atoms with van der Waals surface area (Å²) < 4.78 is 0. The molecule has 5 saturated carbocycles. The molecule has 0 aromatic carbocycles. The van der Waals surface area contributed by atoms with Crippen LogP contribution < -0.4 is 0 Å². The van der Waals surface area contributed by atoms with E-state index in [1.807, 2.05) is 0 Å². The third kappa shape index (κ3) is 2.88. The molecule has 0 spiro atoms. The van der Waals surface area contributed by atoms with Crippen LogP contribution in [0.1, 0.15) is 113 Å². The summed E-state index contributed by atoms with van der Waals surface area (Å²) in [5.41, 5.74) is 0.629. The smallest absolute Gasteiger partial charge is 0.167 e. The van der Waals surface area contributed by atoms with Gasteiger partial charge in [-0.1, -0.05) is 55.4 Å². The summed E-state index contributed by atoms with van der Waals surface area (Å²) in [5, 5.41) is 10.0. The standard InChI is InChI=1S/C31H48O3/c1-26(2)11-12-28(5)13-14-31(8)24(20(28)17-26)21(33)15-23-29(6)16-19(18-32)25(34)27(3,4)22(29)9-10-30(23,31)7/h18,20,22-24,32H,9-17H2,1-8H3/b19-18+/t20-,22-,23+,24-,28+,29-,30+,31+/m0/s1. The fraction of sp³-hybridized carbons (Fsp3) is 0.871. The maximum absolute atomic E-state index is 14.3. The highest BCUT2D eigenvalue weighted by molar-refractivity contribution is 6.00. The summed E-state index contributed by atoms with van der Waals surface area (Å²) in [7, 11) is 0. The summed E-state index contributed by atoms with van der Waals surface area (Å²) in [6, 6.07) is 0. The maximum Gasteiger partial charge on any atom is 0.167 e. The number of carbonyl (C=O) groups excluding carboxylic acids is 2. The molecule has 5 rings (SSSR count). The van der Waals surface area contributed by atoms with Gasteiger partial charge in [-0.05, 0) is 96.2 Å². The minimum Gasteiger partial charge on any atom is -0.515 e. The number of fused-ring (bicyclic) bond motifs is 7. The first-order valence-corrected chi connectivity index (χ1v) is 14.0. The molecule has 5 fully saturated rings. The van der Waals surface area contributed by atoms with Crippen LogP contribution in [0.2, 0.25) is 0 Å². The van der Waals surface area contributed by atoms with Crippen molar-refractivity contribution in [3.8, 4) is 0 Å². The number of hydrogen-bond acceptors (Lipinski definition) is 3. The van der Waals surface area contributed by atoms with Gasteiger partial charge in [0.25, 0.3) is 0 Å². The van der Waals surface area contributed by atoms with Crippen molar-refractivity contribution in [2.75, 3.05) is 0 Å². The lowest BCUT2D eigenvalue weighted by molar-refractivity contribution is -0.229. The van der Waals surface area contributed by atoms with E-state index in [0.29, 0.717) is 40.9 Å². The van der Waals surface area contributed by atoms with E-state index < -0.39 is 5.41 Å². The molecule has 0 unspecified atom stereocenters. The first-order chi connectivity index (χ1) is 15.6. The van der Waals surface area contributed by atoms with Crippen molar-refractivity contribution in [3.05, 3.63) is 11.8 Å². The fourth-order valence-corrected chi connectivity index (χ4v) is 10.9. The van der Waals surface area contributed by atoms with E-state index in [0.717, 1.165) is 25.5 Å². The van der Waals surface area contributed by atoms with Gasteiger partial charge in [0.1, 0.15) is 5.78 Å². The van der Waals surface area contributed by atoms with Gasteiger partial charge < -0.3 is 5.11 Å². The van der Waals surface area contributed by atoms with Crippen LogP contribution in [0, 0.1) is 56.2 Å². The monoisotopic (exact) mass is 468 g/mol. The molecule has 5 aliphatic carbocycles. The Hall–Kier alpha value is -1.12. The molecule has 5 aliphatic rings. The Morgan fingerprint density at radius 1 is 0.824 bits per heavy atom. The van der Waals surface area contributed by atoms with Crippen LogP contribution in [-0.2, 0) is 9.59 Å². The number of carbonyl (C=O) groups is 2. The van der Waals surface area contributed by atoms with E-state index in [2.05, 4.69) is 55.4 Å². The molecule has 0 radical (unpaired) electrons. The molecule has 0 aliphatic heterocycles. The Morgan fingerprint density at radius 2 is 1.47 bits per heavy atom. The first kappa shape index (κ1) is 24.6. The lowest BCUT2D eigenvalue weighted by atomic mass is 9.31. The zero-order chi connectivity index (χ0) is 25.1. The third-order valence-corrected chi connectivity index (χ3v) is 13.2. The highest BCUT2D eigenvalue weighted by atomic mass is 16.2. The number of aliphatic hydroxyl groups is 1. The zero-order valence-electron chi connectivity index (χ0n) is 23.0. The lowest BCUT2D eigenvalue weighted by Gasteiger charge is -2.72. The van der Waals surface area contributed by atoms with Gasteiger partial charge >= 0.3 is 0 Å². The van der Waals surface area contributed by atoms with Crippen molar-refractivity contribution in [2.24, 2.45) is 56.2 Å². The molecule has 0 heterocycles. The van der Waals surface area contributed by atoms with Crippen LogP contribution in [0.4, 0.5) is 0 Å². The Kier molecular flexibility index (Phi) is 5.06. The van der Waals surface area contributed by atoms with Crippen molar-refractivity contribution >= 4 is 11.6 Å². The van der Waals surface area contributed by atoms with Gasteiger partial charge in [-0.2, -0.15) is 0 Å². The van der Waals surface area contributed by atoms with Crippen molar-refractivity contribution < 1.29 is 14.7 Å². The number of hydrogen-bond donors (Lipinski definition) is 1. The second-order valence-electron chi connectivity index (χ2n) is 15.6. The van der Waals surface area contributed by atoms with Gasteiger partial charge in [0, 0.05) is 23.3 Å². The molecular formula is C31H48O3. The van der Waals surface area contributed by atoms with E-state index in [1.54, 1.807) is 0 Å². The van der Waals surface area contributed by atoms with Crippen molar-refractivity contribution in [1.82, 2.24) is 0 Å². The van der Waals surface area contributed by atoms with Gasteiger partial charge in [-0.3, -0.25) is 9.59 Å². The molecular weight excluding hydrogens is 420 g/mol. The Labute approximate surface area is 207 Å². The first-order valence-electron chi connectivity index (χ1n) is 14.0. The molecule has 0 bridgehead atoms. The quantitative estimate of drug-likeness (QED) is 0.293. The van der Waals surface area contributed by atoms with Crippen LogP contribution in [-0.4, -0.2) is 16.7 Å². The van der Waals surface area contributed by atoms with Gasteiger partial charge in [0.2, 0.25) is 0 Å². The molecule has 1 N–H and O–H groups in total. The molecule has 3 nitrogen and oxygen atoms in total. The molecule has 0 aromatic heterocycles. The van der Waals surface area contributed by atoms with Gasteiger partial charge in [0.05, 0.1) is 6.26 Å².